The summed E-state index contributed by atoms with van der Waals surface area (Å²) in [6.45, 7) is 4.63. The van der Waals surface area contributed by atoms with Gasteiger partial charge < -0.3 is 19.5 Å². The molecule has 5 aliphatic rings. The second-order valence-corrected chi connectivity index (χ2v) is 14.6. The lowest BCUT2D eigenvalue weighted by Gasteiger charge is -2.49. The zero-order valence-electron chi connectivity index (χ0n) is 27.2. The molecular weight excluding hydrogens is 690 g/mol. The first kappa shape index (κ1) is 31.8. The van der Waals surface area contributed by atoms with E-state index in [4.69, 9.17) is 9.47 Å². The molecule has 11 heteroatoms. The van der Waals surface area contributed by atoms with Gasteiger partial charge in [-0.3, -0.25) is 24.1 Å². The maximum atomic E-state index is 14.6. The summed E-state index contributed by atoms with van der Waals surface area (Å²) in [7, 11) is 1.45. The number of imide groups is 2. The normalized spacial score (nSPS) is 29.5. The summed E-state index contributed by atoms with van der Waals surface area (Å²) in [5, 5.41) is 11.6. The molecule has 3 saturated heterocycles. The van der Waals surface area contributed by atoms with Crippen LogP contribution in [0.2, 0.25) is 0 Å². The second kappa shape index (κ2) is 11.8. The van der Waals surface area contributed by atoms with Gasteiger partial charge in [0.15, 0.2) is 11.5 Å². The van der Waals surface area contributed by atoms with Crippen LogP contribution in [-0.4, -0.2) is 62.1 Å². The molecule has 6 atom stereocenters. The number of phenolic OH excluding ortho intramolecular Hbond substituents is 1. The molecule has 3 aromatic carbocycles. The molecular formula is C38H36BrN3O7. The average Bonchev–Trinajstić information content (AvgIpc) is 3.49. The number of phenols is 1. The fourth-order valence-corrected chi connectivity index (χ4v) is 9.50. The fourth-order valence-electron chi connectivity index (χ4n) is 9.04. The molecule has 0 radical (unpaired) electrons. The number of ether oxygens (including phenoxy) is 2. The third-order valence-corrected chi connectivity index (χ3v) is 11.8. The number of benzene rings is 3. The van der Waals surface area contributed by atoms with E-state index in [-0.39, 0.29) is 41.5 Å². The van der Waals surface area contributed by atoms with Gasteiger partial charge >= 0.3 is 0 Å². The van der Waals surface area contributed by atoms with Crippen molar-refractivity contribution in [3.05, 3.63) is 88.4 Å². The number of halogens is 1. The molecule has 3 aromatic rings. The van der Waals surface area contributed by atoms with E-state index in [1.165, 1.54) is 16.9 Å². The average molecular weight is 727 g/mol. The van der Waals surface area contributed by atoms with Crippen LogP contribution in [0.4, 0.5) is 17.1 Å². The van der Waals surface area contributed by atoms with E-state index in [2.05, 4.69) is 20.8 Å². The smallest absolute Gasteiger partial charge is 0.241 e. The van der Waals surface area contributed by atoms with Crippen molar-refractivity contribution in [3.63, 3.8) is 0 Å². The number of nitrogens with zero attached hydrogens (tertiary/aromatic N) is 3. The number of rotatable bonds is 5. The Labute approximate surface area is 292 Å². The number of para-hydroxylation sites is 1. The summed E-state index contributed by atoms with van der Waals surface area (Å²) in [5.41, 5.74) is 1.91. The summed E-state index contributed by atoms with van der Waals surface area (Å²) < 4.78 is 11.6. The van der Waals surface area contributed by atoms with Gasteiger partial charge in [-0.1, -0.05) is 45.8 Å². The summed E-state index contributed by atoms with van der Waals surface area (Å²) >= 11 is 3.55. The van der Waals surface area contributed by atoms with Crippen molar-refractivity contribution in [1.82, 2.24) is 0 Å². The zero-order chi connectivity index (χ0) is 34.2. The van der Waals surface area contributed by atoms with Crippen molar-refractivity contribution in [1.29, 1.82) is 0 Å². The first-order valence-electron chi connectivity index (χ1n) is 16.7. The molecule has 4 fully saturated rings. The number of amides is 4. The van der Waals surface area contributed by atoms with Crippen molar-refractivity contribution in [2.45, 2.75) is 25.7 Å². The lowest BCUT2D eigenvalue weighted by atomic mass is 9.51. The molecule has 2 aliphatic carbocycles. The van der Waals surface area contributed by atoms with E-state index < -0.39 is 35.0 Å². The molecule has 10 nitrogen and oxygen atoms in total. The minimum absolute atomic E-state index is 0.131. The Bertz CT molecular complexity index is 1910. The monoisotopic (exact) mass is 725 g/mol. The van der Waals surface area contributed by atoms with Crippen LogP contribution in [0.3, 0.4) is 0 Å². The predicted octanol–water partition coefficient (Wildman–Crippen LogP) is 5.44. The molecule has 0 spiro atoms. The second-order valence-electron chi connectivity index (χ2n) is 13.7. The minimum atomic E-state index is -1.29. The molecule has 0 aromatic heterocycles. The van der Waals surface area contributed by atoms with Gasteiger partial charge in [-0.15, -0.1) is 0 Å². The molecule has 0 unspecified atom stereocenters. The van der Waals surface area contributed by atoms with Crippen LogP contribution >= 0.6 is 15.9 Å². The standard InChI is InChI=1S/C38H36BrN3O7/c1-38-29(35(45)42(37(38)47)23-6-4-3-5-7-23)20-27-25(32(38)28-18-21(39)19-30(48-2)33(28)43)12-13-26-31(27)36(46)41(34(26)44)24-10-8-22(9-11-24)40-14-16-49-17-15-40/h3-12,18-19,26-27,29,31-32,43H,13-17,20H2,1-2H3/t26-,27+,29-,31-,32+,38+/m0/s1. The third-order valence-electron chi connectivity index (χ3n) is 11.4. The van der Waals surface area contributed by atoms with Gasteiger partial charge in [-0.2, -0.15) is 0 Å². The largest absolute Gasteiger partial charge is 0.504 e. The Hall–Kier alpha value is -4.48. The van der Waals surface area contributed by atoms with Crippen LogP contribution in [0.1, 0.15) is 31.2 Å². The molecule has 3 aliphatic heterocycles. The number of anilines is 3. The van der Waals surface area contributed by atoms with Gasteiger partial charge in [-0.25, -0.2) is 4.90 Å². The Morgan fingerprint density at radius 1 is 0.857 bits per heavy atom. The Morgan fingerprint density at radius 3 is 2.22 bits per heavy atom. The molecule has 1 saturated carbocycles. The van der Waals surface area contributed by atoms with E-state index in [0.717, 1.165) is 24.4 Å². The molecule has 8 rings (SSSR count). The number of methoxy groups -OCH3 is 1. The minimum Gasteiger partial charge on any atom is -0.504 e. The first-order valence-corrected chi connectivity index (χ1v) is 17.4. The van der Waals surface area contributed by atoms with Gasteiger partial charge in [-0.05, 0) is 74.2 Å². The molecule has 3 heterocycles. The lowest BCUT2D eigenvalue weighted by molar-refractivity contribution is -0.131. The van der Waals surface area contributed by atoms with Crippen molar-refractivity contribution < 1.29 is 33.8 Å². The van der Waals surface area contributed by atoms with Crippen molar-refractivity contribution in [3.8, 4) is 11.5 Å². The Morgan fingerprint density at radius 2 is 1.53 bits per heavy atom. The molecule has 4 amide bonds. The van der Waals surface area contributed by atoms with Crippen LogP contribution in [0.5, 0.6) is 11.5 Å². The number of allylic oxidation sites excluding steroid dienone is 2. The van der Waals surface area contributed by atoms with E-state index in [9.17, 15) is 24.3 Å². The number of carbonyl (C=O) groups is 4. The molecule has 0 bridgehead atoms. The van der Waals surface area contributed by atoms with E-state index in [1.54, 1.807) is 43.3 Å². The maximum Gasteiger partial charge on any atom is 0.241 e. The van der Waals surface area contributed by atoms with Gasteiger partial charge in [0.1, 0.15) is 0 Å². The van der Waals surface area contributed by atoms with Crippen molar-refractivity contribution in [2.24, 2.45) is 29.1 Å². The van der Waals surface area contributed by atoms with Gasteiger partial charge in [0.05, 0.1) is 54.9 Å². The highest BCUT2D eigenvalue weighted by Crippen LogP contribution is 2.65. The van der Waals surface area contributed by atoms with Crippen LogP contribution < -0.4 is 19.4 Å². The molecule has 1 N–H and O–H groups in total. The topological polar surface area (TPSA) is 117 Å². The van der Waals surface area contributed by atoms with Crippen molar-refractivity contribution >= 4 is 56.6 Å². The zero-order valence-corrected chi connectivity index (χ0v) is 28.8. The number of fused-ring (bicyclic) bond motifs is 4. The Balaban J connectivity index is 1.21. The summed E-state index contributed by atoms with van der Waals surface area (Å²) in [5.74, 6) is -4.60. The SMILES string of the molecule is COc1cc(Br)cc([C@H]2C3=CC[C@@H]4C(=O)N(c5ccc(N6CCOCC6)cc5)C(=O)[C@@H]4[C@@H]3C[C@H]3C(=O)N(c4ccccc4)C(=O)[C@@]23C)c1O. The lowest BCUT2D eigenvalue weighted by Crippen LogP contribution is -2.49. The fraction of sp³-hybridized carbons (Fsp3) is 0.368. The highest BCUT2D eigenvalue weighted by Gasteiger charge is 2.68. The van der Waals surface area contributed by atoms with Crippen molar-refractivity contribution in [2.75, 3.05) is 48.1 Å². The highest BCUT2D eigenvalue weighted by molar-refractivity contribution is 9.10. The molecule has 252 valence electrons. The third kappa shape index (κ3) is 4.69. The number of hydrogen-bond donors (Lipinski definition) is 1. The van der Waals surface area contributed by atoms with Crippen LogP contribution in [0.15, 0.2) is 82.9 Å². The number of morpholine rings is 1. The van der Waals surface area contributed by atoms with E-state index in [1.807, 2.05) is 36.4 Å². The number of aromatic hydroxyl groups is 1. The predicted molar refractivity (Wildman–Crippen MR) is 185 cm³/mol. The van der Waals surface area contributed by atoms with Crippen LogP contribution in [0.25, 0.3) is 0 Å². The van der Waals surface area contributed by atoms with Gasteiger partial charge in [0.2, 0.25) is 23.6 Å². The van der Waals surface area contributed by atoms with E-state index >= 15 is 0 Å². The first-order chi connectivity index (χ1) is 23.6. The maximum absolute atomic E-state index is 14.6. The summed E-state index contributed by atoms with van der Waals surface area (Å²) in [4.78, 5) is 62.3. The summed E-state index contributed by atoms with van der Waals surface area (Å²) in [6.07, 6.45) is 2.50. The molecule has 49 heavy (non-hydrogen) atoms. The Kier molecular flexibility index (Phi) is 7.68. The summed E-state index contributed by atoms with van der Waals surface area (Å²) in [6, 6.07) is 19.7. The number of carbonyl (C=O) groups excluding carboxylic acids is 4. The van der Waals surface area contributed by atoms with Crippen LogP contribution in [-0.2, 0) is 23.9 Å². The number of hydrogen-bond acceptors (Lipinski definition) is 8. The van der Waals surface area contributed by atoms with Crippen LogP contribution in [0, 0.1) is 29.1 Å². The highest BCUT2D eigenvalue weighted by atomic mass is 79.9. The van der Waals surface area contributed by atoms with Gasteiger partial charge in [0, 0.05) is 34.7 Å². The van der Waals surface area contributed by atoms with E-state index in [0.29, 0.717) is 41.0 Å². The quantitative estimate of drug-likeness (QED) is 0.273. The van der Waals surface area contributed by atoms with Gasteiger partial charge in [0.25, 0.3) is 0 Å².